The number of amides is 1. The van der Waals surface area contributed by atoms with E-state index in [1.165, 1.54) is 0 Å². The first-order chi connectivity index (χ1) is 15.4. The summed E-state index contributed by atoms with van der Waals surface area (Å²) in [6, 6.07) is 16.1. The van der Waals surface area contributed by atoms with E-state index in [9.17, 15) is 4.79 Å². The number of aryl methyl sites for hydroxylation is 1. The number of anilines is 1. The van der Waals surface area contributed by atoms with Gasteiger partial charge in [-0.1, -0.05) is 24.3 Å². The van der Waals surface area contributed by atoms with Crippen LogP contribution in [0.25, 0.3) is 0 Å². The van der Waals surface area contributed by atoms with Crippen molar-refractivity contribution in [3.8, 4) is 0 Å². The molecular formula is C25H29N5OS. The zero-order valence-electron chi connectivity index (χ0n) is 18.7. The van der Waals surface area contributed by atoms with Crippen LogP contribution < -0.4 is 10.6 Å². The number of aromatic nitrogens is 2. The van der Waals surface area contributed by atoms with Crippen LogP contribution in [0.5, 0.6) is 0 Å². The van der Waals surface area contributed by atoms with E-state index in [0.29, 0.717) is 24.1 Å². The number of hydrogen-bond donors (Lipinski definition) is 2. The molecule has 2 atom stereocenters. The molecule has 3 aromatic rings. The molecule has 3 heterocycles. The summed E-state index contributed by atoms with van der Waals surface area (Å²) in [5.74, 6) is -0.0260. The van der Waals surface area contributed by atoms with Crippen molar-refractivity contribution in [3.05, 3.63) is 83.9 Å². The van der Waals surface area contributed by atoms with Crippen molar-refractivity contribution < 1.29 is 4.79 Å². The van der Waals surface area contributed by atoms with E-state index in [2.05, 4.69) is 57.4 Å². The third-order valence-corrected chi connectivity index (χ3v) is 6.22. The summed E-state index contributed by atoms with van der Waals surface area (Å²) in [6.07, 6.45) is 6.41. The van der Waals surface area contributed by atoms with Gasteiger partial charge in [-0.15, -0.1) is 0 Å². The van der Waals surface area contributed by atoms with Crippen molar-refractivity contribution in [1.82, 2.24) is 19.8 Å². The fourth-order valence-electron chi connectivity index (χ4n) is 4.08. The predicted molar refractivity (Wildman–Crippen MR) is 131 cm³/mol. The van der Waals surface area contributed by atoms with Crippen LogP contribution in [0.2, 0.25) is 0 Å². The normalized spacial score (nSPS) is 18.1. The third kappa shape index (κ3) is 4.67. The molecule has 1 aromatic carbocycles. The van der Waals surface area contributed by atoms with Gasteiger partial charge in [0.2, 0.25) is 5.91 Å². The van der Waals surface area contributed by atoms with E-state index in [1.807, 2.05) is 49.4 Å². The monoisotopic (exact) mass is 447 g/mol. The van der Waals surface area contributed by atoms with Crippen molar-refractivity contribution >= 4 is 28.9 Å². The Morgan fingerprint density at radius 2 is 1.97 bits per heavy atom. The van der Waals surface area contributed by atoms with Crippen molar-refractivity contribution in [2.45, 2.75) is 45.3 Å². The second-order valence-corrected chi connectivity index (χ2v) is 8.81. The number of nitrogens with zero attached hydrogens (tertiary/aromatic N) is 3. The smallest absolute Gasteiger partial charge is 0.226 e. The third-order valence-electron chi connectivity index (χ3n) is 5.87. The standard InChI is InChI=1S/C25H29N5OS/c1-17(2)29-14-11-19(16-29)24-23(21-10-6-7-13-26-21)28-25(32)30(24)15-12-22(31)27-20-9-5-4-8-18(20)3/h4-11,13-14,16-17,23-24H,12,15H2,1-3H3,(H,27,31)(H,28,32)/t23-,24+/m1/s1. The molecule has 0 bridgehead atoms. The maximum atomic E-state index is 12.7. The quantitative estimate of drug-likeness (QED) is 0.511. The Bertz CT molecular complexity index is 1090. The topological polar surface area (TPSA) is 62.2 Å². The van der Waals surface area contributed by atoms with Crippen LogP contribution in [-0.2, 0) is 4.79 Å². The number of carbonyl (C=O) groups excluding carboxylic acids is 1. The molecule has 6 nitrogen and oxygen atoms in total. The summed E-state index contributed by atoms with van der Waals surface area (Å²) in [4.78, 5) is 19.4. The highest BCUT2D eigenvalue weighted by molar-refractivity contribution is 7.80. The molecular weight excluding hydrogens is 418 g/mol. The minimum Gasteiger partial charge on any atom is -0.352 e. The number of hydrogen-bond acceptors (Lipinski definition) is 3. The lowest BCUT2D eigenvalue weighted by atomic mass is 9.99. The van der Waals surface area contributed by atoms with Crippen molar-refractivity contribution in [1.29, 1.82) is 0 Å². The number of benzene rings is 1. The molecule has 1 saturated heterocycles. The highest BCUT2D eigenvalue weighted by atomic mass is 32.1. The molecule has 0 unspecified atom stereocenters. The molecule has 1 fully saturated rings. The average Bonchev–Trinajstić information content (AvgIpc) is 3.39. The van der Waals surface area contributed by atoms with Crippen molar-refractivity contribution in [3.63, 3.8) is 0 Å². The first kappa shape index (κ1) is 22.0. The van der Waals surface area contributed by atoms with Crippen LogP contribution in [0.3, 0.4) is 0 Å². The highest BCUT2D eigenvalue weighted by Gasteiger charge is 2.40. The van der Waals surface area contributed by atoms with E-state index >= 15 is 0 Å². The van der Waals surface area contributed by atoms with Crippen LogP contribution in [-0.4, -0.2) is 32.0 Å². The van der Waals surface area contributed by atoms with Gasteiger partial charge in [-0.2, -0.15) is 0 Å². The van der Waals surface area contributed by atoms with E-state index in [0.717, 1.165) is 22.5 Å². The molecule has 0 aliphatic carbocycles. The lowest BCUT2D eigenvalue weighted by Crippen LogP contribution is -2.32. The Labute approximate surface area is 194 Å². The number of carbonyl (C=O) groups is 1. The van der Waals surface area contributed by atoms with E-state index in [-0.39, 0.29) is 18.0 Å². The van der Waals surface area contributed by atoms with Crippen LogP contribution in [0.4, 0.5) is 5.69 Å². The fourth-order valence-corrected chi connectivity index (χ4v) is 4.42. The molecule has 1 aliphatic heterocycles. The average molecular weight is 448 g/mol. The lowest BCUT2D eigenvalue weighted by molar-refractivity contribution is -0.116. The SMILES string of the molecule is Cc1ccccc1NC(=O)CCN1C(=S)N[C@H](c2ccccn2)[C@@H]1c1ccn(C(C)C)c1. The van der Waals surface area contributed by atoms with Gasteiger partial charge in [0.05, 0.1) is 17.8 Å². The summed E-state index contributed by atoms with van der Waals surface area (Å²) in [5.41, 5.74) is 3.98. The number of para-hydroxylation sites is 1. The minimum absolute atomic E-state index is 0.0260. The number of nitrogens with one attached hydrogen (secondary N) is 2. The second kappa shape index (κ2) is 9.53. The number of thiocarbonyl (C=S) groups is 1. The maximum absolute atomic E-state index is 12.7. The molecule has 1 amide bonds. The fraction of sp³-hybridized carbons (Fsp3) is 0.320. The van der Waals surface area contributed by atoms with Crippen LogP contribution >= 0.6 is 12.2 Å². The number of rotatable bonds is 7. The van der Waals surface area contributed by atoms with Gasteiger partial charge in [-0.25, -0.2) is 0 Å². The molecule has 2 N–H and O–H groups in total. The zero-order valence-corrected chi connectivity index (χ0v) is 19.5. The first-order valence-electron chi connectivity index (χ1n) is 10.9. The number of pyridine rings is 1. The lowest BCUT2D eigenvalue weighted by Gasteiger charge is -2.27. The molecule has 0 radical (unpaired) electrons. The van der Waals surface area contributed by atoms with E-state index in [1.54, 1.807) is 6.20 Å². The van der Waals surface area contributed by atoms with Crippen molar-refractivity contribution in [2.75, 3.05) is 11.9 Å². The summed E-state index contributed by atoms with van der Waals surface area (Å²) >= 11 is 5.70. The summed E-state index contributed by atoms with van der Waals surface area (Å²) in [5, 5.41) is 7.11. The molecule has 2 aromatic heterocycles. The van der Waals surface area contributed by atoms with Gasteiger partial charge in [-0.05, 0) is 68.4 Å². The van der Waals surface area contributed by atoms with E-state index in [4.69, 9.17) is 12.2 Å². The largest absolute Gasteiger partial charge is 0.352 e. The molecule has 4 rings (SSSR count). The maximum Gasteiger partial charge on any atom is 0.226 e. The van der Waals surface area contributed by atoms with Gasteiger partial charge in [0.1, 0.15) is 0 Å². The molecule has 1 aliphatic rings. The zero-order chi connectivity index (χ0) is 22.7. The molecule has 7 heteroatoms. The Hall–Kier alpha value is -3.19. The molecule has 0 spiro atoms. The second-order valence-electron chi connectivity index (χ2n) is 8.42. The highest BCUT2D eigenvalue weighted by Crippen LogP contribution is 2.39. The van der Waals surface area contributed by atoms with Gasteiger partial charge in [0.15, 0.2) is 5.11 Å². The van der Waals surface area contributed by atoms with Crippen LogP contribution in [0, 0.1) is 6.92 Å². The van der Waals surface area contributed by atoms with E-state index < -0.39 is 0 Å². The van der Waals surface area contributed by atoms with Crippen LogP contribution in [0.15, 0.2) is 67.1 Å². The summed E-state index contributed by atoms with van der Waals surface area (Å²) in [7, 11) is 0. The van der Waals surface area contributed by atoms with Crippen LogP contribution in [0.1, 0.15) is 55.2 Å². The Kier molecular flexibility index (Phi) is 6.55. The Morgan fingerprint density at radius 1 is 1.19 bits per heavy atom. The van der Waals surface area contributed by atoms with Gasteiger partial charge in [0.25, 0.3) is 0 Å². The summed E-state index contributed by atoms with van der Waals surface area (Å²) in [6.45, 7) is 6.82. The van der Waals surface area contributed by atoms with Gasteiger partial charge < -0.3 is 20.1 Å². The first-order valence-corrected chi connectivity index (χ1v) is 11.4. The Balaban J connectivity index is 1.55. The molecule has 166 valence electrons. The van der Waals surface area contributed by atoms with Gasteiger partial charge in [0, 0.05) is 43.3 Å². The summed E-state index contributed by atoms with van der Waals surface area (Å²) < 4.78 is 2.19. The minimum atomic E-state index is -0.0776. The molecule has 0 saturated carbocycles. The Morgan fingerprint density at radius 3 is 2.66 bits per heavy atom. The van der Waals surface area contributed by atoms with Gasteiger partial charge in [-0.3, -0.25) is 9.78 Å². The molecule has 32 heavy (non-hydrogen) atoms. The van der Waals surface area contributed by atoms with Gasteiger partial charge >= 0.3 is 0 Å². The predicted octanol–water partition coefficient (Wildman–Crippen LogP) is 4.77. The van der Waals surface area contributed by atoms with Crippen molar-refractivity contribution in [2.24, 2.45) is 0 Å².